The highest BCUT2D eigenvalue weighted by atomic mass is 19.1. The molecule has 29 heavy (non-hydrogen) atoms. The molecule has 0 bridgehead atoms. The summed E-state index contributed by atoms with van der Waals surface area (Å²) >= 11 is 0. The molecule has 0 saturated heterocycles. The first-order valence-electron chi connectivity index (χ1n) is 8.77. The smallest absolute Gasteiger partial charge is 0.274 e. The van der Waals surface area contributed by atoms with Crippen molar-refractivity contribution in [2.24, 2.45) is 10.8 Å². The van der Waals surface area contributed by atoms with Crippen LogP contribution in [0.1, 0.15) is 6.42 Å². The van der Waals surface area contributed by atoms with Crippen LogP contribution in [0.3, 0.4) is 0 Å². The quantitative estimate of drug-likeness (QED) is 0.799. The zero-order valence-electron chi connectivity index (χ0n) is 16.3. The number of halogens is 1. The lowest BCUT2D eigenvalue weighted by molar-refractivity contribution is -0.119. The molecule has 1 aliphatic heterocycles. The SMILES string of the molecule is COc1ccc(N(C)C(=O)C2=NN(c3ccc(F)cc3)C(C(N)=O)C2)cc1OC. The second kappa shape index (κ2) is 8.17. The molecule has 3 rings (SSSR count). The summed E-state index contributed by atoms with van der Waals surface area (Å²) in [5.41, 5.74) is 6.68. The summed E-state index contributed by atoms with van der Waals surface area (Å²) in [5, 5.41) is 5.64. The molecule has 0 aliphatic carbocycles. The predicted molar refractivity (Wildman–Crippen MR) is 107 cm³/mol. The minimum atomic E-state index is -0.835. The lowest BCUT2D eigenvalue weighted by Crippen LogP contribution is -2.40. The maximum atomic E-state index is 13.2. The molecule has 2 aromatic carbocycles. The van der Waals surface area contributed by atoms with Crippen LogP contribution in [0.25, 0.3) is 0 Å². The molecular formula is C20H21FN4O4. The van der Waals surface area contributed by atoms with Gasteiger partial charge in [-0.2, -0.15) is 5.10 Å². The molecule has 1 atom stereocenters. The number of hydrogen-bond donors (Lipinski definition) is 1. The van der Waals surface area contributed by atoms with Gasteiger partial charge in [-0.15, -0.1) is 0 Å². The Hall–Kier alpha value is -3.62. The number of nitrogens with two attached hydrogens (primary N) is 1. The number of methoxy groups -OCH3 is 2. The molecule has 0 spiro atoms. The first-order chi connectivity index (χ1) is 13.8. The van der Waals surface area contributed by atoms with E-state index in [9.17, 15) is 14.0 Å². The minimum absolute atomic E-state index is 0.0448. The van der Waals surface area contributed by atoms with E-state index in [4.69, 9.17) is 15.2 Å². The van der Waals surface area contributed by atoms with E-state index >= 15 is 0 Å². The molecule has 9 heteroatoms. The first kappa shape index (κ1) is 20.1. The van der Waals surface area contributed by atoms with Gasteiger partial charge in [-0.25, -0.2) is 4.39 Å². The van der Waals surface area contributed by atoms with E-state index in [-0.39, 0.29) is 12.1 Å². The topological polar surface area (TPSA) is 97.5 Å². The highest BCUT2D eigenvalue weighted by Crippen LogP contribution is 2.32. The Morgan fingerprint density at radius 1 is 1.14 bits per heavy atom. The van der Waals surface area contributed by atoms with Crippen LogP contribution in [-0.2, 0) is 9.59 Å². The fraction of sp³-hybridized carbons (Fsp3) is 0.250. The number of ether oxygens (including phenoxy) is 2. The number of benzene rings is 2. The van der Waals surface area contributed by atoms with Crippen LogP contribution in [0.4, 0.5) is 15.8 Å². The van der Waals surface area contributed by atoms with Crippen molar-refractivity contribution in [3.05, 3.63) is 48.3 Å². The van der Waals surface area contributed by atoms with Gasteiger partial charge >= 0.3 is 0 Å². The molecule has 1 aliphatic rings. The monoisotopic (exact) mass is 400 g/mol. The van der Waals surface area contributed by atoms with E-state index < -0.39 is 23.7 Å². The summed E-state index contributed by atoms with van der Waals surface area (Å²) in [4.78, 5) is 26.3. The third-order valence-electron chi connectivity index (χ3n) is 4.64. The Morgan fingerprint density at radius 2 is 1.79 bits per heavy atom. The van der Waals surface area contributed by atoms with Crippen LogP contribution in [0, 0.1) is 5.82 Å². The third-order valence-corrected chi connectivity index (χ3v) is 4.64. The van der Waals surface area contributed by atoms with Crippen LogP contribution in [-0.4, -0.2) is 44.8 Å². The molecule has 2 aromatic rings. The van der Waals surface area contributed by atoms with Gasteiger partial charge in [0, 0.05) is 25.2 Å². The Balaban J connectivity index is 1.88. The van der Waals surface area contributed by atoms with Gasteiger partial charge in [0.1, 0.15) is 17.6 Å². The summed E-state index contributed by atoms with van der Waals surface area (Å²) in [6, 6.07) is 9.66. The Labute approximate surface area is 167 Å². The van der Waals surface area contributed by atoms with Crippen LogP contribution in [0.2, 0.25) is 0 Å². The number of nitrogens with zero attached hydrogens (tertiary/aromatic N) is 3. The van der Waals surface area contributed by atoms with Gasteiger partial charge in [0.15, 0.2) is 11.5 Å². The number of anilines is 2. The van der Waals surface area contributed by atoms with Crippen LogP contribution in [0.5, 0.6) is 11.5 Å². The van der Waals surface area contributed by atoms with Gasteiger partial charge in [-0.05, 0) is 36.4 Å². The molecule has 1 heterocycles. The van der Waals surface area contributed by atoms with Gasteiger partial charge in [0.25, 0.3) is 5.91 Å². The highest BCUT2D eigenvalue weighted by molar-refractivity contribution is 6.44. The highest BCUT2D eigenvalue weighted by Gasteiger charge is 2.36. The second-order valence-corrected chi connectivity index (χ2v) is 6.39. The molecule has 152 valence electrons. The Morgan fingerprint density at radius 3 is 2.38 bits per heavy atom. The fourth-order valence-corrected chi connectivity index (χ4v) is 3.04. The molecule has 0 fully saturated rings. The third kappa shape index (κ3) is 3.98. The predicted octanol–water partition coefficient (Wildman–Crippen LogP) is 1.93. The van der Waals surface area contributed by atoms with Crippen LogP contribution < -0.4 is 25.1 Å². The molecule has 0 aromatic heterocycles. The standard InChI is InChI=1S/C20H21FN4O4/c1-24(14-8-9-17(28-2)18(10-14)29-3)20(27)15-11-16(19(22)26)25(23-15)13-6-4-12(21)5-7-13/h4-10,16H,11H2,1-3H3,(H2,22,26). The van der Waals surface area contributed by atoms with Crippen molar-refractivity contribution in [1.82, 2.24) is 0 Å². The maximum absolute atomic E-state index is 13.2. The molecule has 0 saturated carbocycles. The number of carbonyl (C=O) groups excluding carboxylic acids is 2. The van der Waals surface area contributed by atoms with Crippen molar-refractivity contribution < 1.29 is 23.5 Å². The van der Waals surface area contributed by atoms with Gasteiger partial charge in [-0.1, -0.05) is 0 Å². The molecule has 2 amide bonds. The van der Waals surface area contributed by atoms with Crippen molar-refractivity contribution >= 4 is 28.9 Å². The lowest BCUT2D eigenvalue weighted by atomic mass is 10.1. The Kier molecular flexibility index (Phi) is 5.67. The summed E-state index contributed by atoms with van der Waals surface area (Å²) < 4.78 is 23.7. The van der Waals surface area contributed by atoms with Crippen molar-refractivity contribution in [3.63, 3.8) is 0 Å². The number of primary amides is 1. The van der Waals surface area contributed by atoms with E-state index in [0.29, 0.717) is 22.9 Å². The van der Waals surface area contributed by atoms with Gasteiger partial charge in [0.05, 0.1) is 19.9 Å². The summed E-state index contributed by atoms with van der Waals surface area (Å²) in [7, 11) is 4.61. The zero-order valence-corrected chi connectivity index (χ0v) is 16.3. The van der Waals surface area contributed by atoms with E-state index in [1.165, 1.54) is 48.4 Å². The zero-order chi connectivity index (χ0) is 21.1. The molecule has 8 nitrogen and oxygen atoms in total. The largest absolute Gasteiger partial charge is 0.493 e. The average Bonchev–Trinajstić information content (AvgIpc) is 3.18. The number of amides is 2. The van der Waals surface area contributed by atoms with Gasteiger partial charge in [-0.3, -0.25) is 14.6 Å². The van der Waals surface area contributed by atoms with E-state index in [2.05, 4.69) is 5.10 Å². The second-order valence-electron chi connectivity index (χ2n) is 6.39. The first-order valence-corrected chi connectivity index (χ1v) is 8.77. The molecule has 0 radical (unpaired) electrons. The number of rotatable bonds is 6. The van der Waals surface area contributed by atoms with Gasteiger partial charge in [0.2, 0.25) is 5.91 Å². The van der Waals surface area contributed by atoms with Crippen molar-refractivity contribution in [3.8, 4) is 11.5 Å². The number of carbonyl (C=O) groups is 2. The summed E-state index contributed by atoms with van der Waals surface area (Å²) in [5.74, 6) is -0.438. The van der Waals surface area contributed by atoms with Crippen molar-refractivity contribution in [2.45, 2.75) is 12.5 Å². The summed E-state index contributed by atoms with van der Waals surface area (Å²) in [6.45, 7) is 0. The summed E-state index contributed by atoms with van der Waals surface area (Å²) in [6.07, 6.45) is 0.0448. The minimum Gasteiger partial charge on any atom is -0.493 e. The molecule has 1 unspecified atom stereocenters. The van der Waals surface area contributed by atoms with Crippen molar-refractivity contribution in [1.29, 1.82) is 0 Å². The van der Waals surface area contributed by atoms with Crippen molar-refractivity contribution in [2.75, 3.05) is 31.2 Å². The average molecular weight is 400 g/mol. The maximum Gasteiger partial charge on any atom is 0.274 e. The van der Waals surface area contributed by atoms with Crippen LogP contribution in [0.15, 0.2) is 47.6 Å². The molecular weight excluding hydrogens is 379 g/mol. The number of hydrazone groups is 1. The number of hydrogen-bond acceptors (Lipinski definition) is 6. The van der Waals surface area contributed by atoms with Gasteiger partial charge < -0.3 is 20.1 Å². The van der Waals surface area contributed by atoms with E-state index in [1.807, 2.05) is 0 Å². The molecule has 2 N–H and O–H groups in total. The van der Waals surface area contributed by atoms with E-state index in [0.717, 1.165) is 0 Å². The lowest BCUT2D eigenvalue weighted by Gasteiger charge is -2.20. The fourth-order valence-electron chi connectivity index (χ4n) is 3.04. The van der Waals surface area contributed by atoms with Crippen LogP contribution >= 0.6 is 0 Å². The normalized spacial score (nSPS) is 15.7. The Bertz CT molecular complexity index is 961. The van der Waals surface area contributed by atoms with E-state index in [1.54, 1.807) is 25.2 Å².